The van der Waals surface area contributed by atoms with Crippen molar-refractivity contribution >= 4 is 17.7 Å². The number of rotatable bonds is 2. The standard InChI is InChI=1S/C8H10N4O2/c9-6-4(3-1-2-3)5(7(13)14)11-8(10)12-6/h3H,1-2H2,(H,13,14)(H4,9,10,11,12). The summed E-state index contributed by atoms with van der Waals surface area (Å²) in [5.74, 6) is -0.809. The van der Waals surface area contributed by atoms with Crippen LogP contribution in [0, 0.1) is 0 Å². The van der Waals surface area contributed by atoms with E-state index in [0.29, 0.717) is 5.56 Å². The Morgan fingerprint density at radius 3 is 2.50 bits per heavy atom. The molecule has 0 radical (unpaired) electrons. The van der Waals surface area contributed by atoms with Crippen molar-refractivity contribution < 1.29 is 9.90 Å². The average molecular weight is 194 g/mol. The second kappa shape index (κ2) is 2.83. The maximum absolute atomic E-state index is 10.9. The van der Waals surface area contributed by atoms with Gasteiger partial charge in [0.2, 0.25) is 5.95 Å². The monoisotopic (exact) mass is 194 g/mol. The first-order valence-corrected chi connectivity index (χ1v) is 4.25. The summed E-state index contributed by atoms with van der Waals surface area (Å²) in [6.45, 7) is 0. The van der Waals surface area contributed by atoms with Crippen LogP contribution in [0.15, 0.2) is 0 Å². The number of nitrogen functional groups attached to an aromatic ring is 2. The Kier molecular flexibility index (Phi) is 1.77. The van der Waals surface area contributed by atoms with Crippen molar-refractivity contribution in [3.05, 3.63) is 11.3 Å². The van der Waals surface area contributed by atoms with Gasteiger partial charge in [-0.3, -0.25) is 0 Å². The SMILES string of the molecule is Nc1nc(N)c(C2CC2)c(C(=O)O)n1. The van der Waals surface area contributed by atoms with Gasteiger partial charge in [-0.05, 0) is 18.8 Å². The molecule has 0 spiro atoms. The van der Waals surface area contributed by atoms with Crippen molar-refractivity contribution in [3.8, 4) is 0 Å². The van der Waals surface area contributed by atoms with Gasteiger partial charge in [-0.15, -0.1) is 0 Å². The normalized spacial score (nSPS) is 15.4. The molecule has 1 aromatic heterocycles. The van der Waals surface area contributed by atoms with E-state index in [1.807, 2.05) is 0 Å². The van der Waals surface area contributed by atoms with Gasteiger partial charge in [-0.25, -0.2) is 9.78 Å². The van der Waals surface area contributed by atoms with Gasteiger partial charge in [0, 0.05) is 5.56 Å². The number of anilines is 2. The van der Waals surface area contributed by atoms with Crippen molar-refractivity contribution in [2.45, 2.75) is 18.8 Å². The van der Waals surface area contributed by atoms with E-state index in [1.165, 1.54) is 0 Å². The molecule has 1 aliphatic carbocycles. The number of hydrogen-bond donors (Lipinski definition) is 3. The van der Waals surface area contributed by atoms with Crippen molar-refractivity contribution in [1.82, 2.24) is 9.97 Å². The minimum absolute atomic E-state index is 0.0579. The highest BCUT2D eigenvalue weighted by molar-refractivity contribution is 5.89. The Morgan fingerprint density at radius 2 is 2.00 bits per heavy atom. The van der Waals surface area contributed by atoms with Crippen LogP contribution in [0.25, 0.3) is 0 Å². The predicted molar refractivity (Wildman–Crippen MR) is 49.8 cm³/mol. The molecule has 0 aliphatic heterocycles. The first-order valence-electron chi connectivity index (χ1n) is 4.25. The molecule has 14 heavy (non-hydrogen) atoms. The lowest BCUT2D eigenvalue weighted by molar-refractivity contribution is 0.0689. The van der Waals surface area contributed by atoms with Crippen molar-refractivity contribution in [3.63, 3.8) is 0 Å². The summed E-state index contributed by atoms with van der Waals surface area (Å²) in [6.07, 6.45) is 1.88. The number of aromatic carboxylic acids is 1. The van der Waals surface area contributed by atoms with E-state index in [4.69, 9.17) is 16.6 Å². The van der Waals surface area contributed by atoms with Gasteiger partial charge in [-0.1, -0.05) is 0 Å². The highest BCUT2D eigenvalue weighted by atomic mass is 16.4. The molecule has 6 heteroatoms. The van der Waals surface area contributed by atoms with Gasteiger partial charge in [0.15, 0.2) is 5.69 Å². The summed E-state index contributed by atoms with van der Waals surface area (Å²) in [4.78, 5) is 18.3. The molecule has 1 saturated carbocycles. The molecule has 5 N–H and O–H groups in total. The number of carbonyl (C=O) groups is 1. The van der Waals surface area contributed by atoms with Gasteiger partial charge >= 0.3 is 5.97 Å². The van der Waals surface area contributed by atoms with Crippen LogP contribution in [0.2, 0.25) is 0 Å². The third-order valence-corrected chi connectivity index (χ3v) is 2.18. The summed E-state index contributed by atoms with van der Waals surface area (Å²) in [7, 11) is 0. The Balaban J connectivity index is 2.58. The molecule has 2 rings (SSSR count). The Morgan fingerprint density at radius 1 is 1.36 bits per heavy atom. The number of carboxylic acid groups (broad SMARTS) is 1. The van der Waals surface area contributed by atoms with Crippen LogP contribution < -0.4 is 11.5 Å². The van der Waals surface area contributed by atoms with E-state index in [-0.39, 0.29) is 23.4 Å². The van der Waals surface area contributed by atoms with Gasteiger partial charge < -0.3 is 16.6 Å². The average Bonchev–Trinajstić information content (AvgIpc) is 2.85. The van der Waals surface area contributed by atoms with Crippen LogP contribution in [0.3, 0.4) is 0 Å². The minimum Gasteiger partial charge on any atom is -0.476 e. The maximum Gasteiger partial charge on any atom is 0.355 e. The maximum atomic E-state index is 10.9. The molecule has 0 amide bonds. The van der Waals surface area contributed by atoms with Gasteiger partial charge in [0.25, 0.3) is 0 Å². The molecular formula is C8H10N4O2. The van der Waals surface area contributed by atoms with Crippen molar-refractivity contribution in [2.24, 2.45) is 0 Å². The molecule has 0 saturated heterocycles. The Bertz CT molecular complexity index is 401. The van der Waals surface area contributed by atoms with Crippen LogP contribution >= 0.6 is 0 Å². The van der Waals surface area contributed by atoms with Crippen LogP contribution in [0.1, 0.15) is 34.8 Å². The molecule has 1 fully saturated rings. The van der Waals surface area contributed by atoms with E-state index in [2.05, 4.69) is 9.97 Å². The highest BCUT2D eigenvalue weighted by Crippen LogP contribution is 2.43. The lowest BCUT2D eigenvalue weighted by Crippen LogP contribution is -2.12. The van der Waals surface area contributed by atoms with Crippen LogP contribution in [-0.2, 0) is 0 Å². The lowest BCUT2D eigenvalue weighted by Gasteiger charge is -2.06. The van der Waals surface area contributed by atoms with Crippen molar-refractivity contribution in [1.29, 1.82) is 0 Å². The highest BCUT2D eigenvalue weighted by Gasteiger charge is 2.32. The van der Waals surface area contributed by atoms with E-state index in [0.717, 1.165) is 12.8 Å². The minimum atomic E-state index is -1.10. The number of nitrogens with zero attached hydrogens (tertiary/aromatic N) is 2. The summed E-state index contributed by atoms with van der Waals surface area (Å²) in [5.41, 5.74) is 11.4. The number of aromatic nitrogens is 2. The first-order chi connectivity index (χ1) is 6.59. The summed E-state index contributed by atoms with van der Waals surface area (Å²) in [5, 5.41) is 8.89. The lowest BCUT2D eigenvalue weighted by atomic mass is 10.1. The topological polar surface area (TPSA) is 115 Å². The molecule has 1 aliphatic rings. The molecule has 0 unspecified atom stereocenters. The molecule has 1 aromatic rings. The number of hydrogen-bond acceptors (Lipinski definition) is 5. The summed E-state index contributed by atoms with van der Waals surface area (Å²) < 4.78 is 0. The zero-order valence-electron chi connectivity index (χ0n) is 7.40. The number of carboxylic acids is 1. The van der Waals surface area contributed by atoms with Crippen LogP contribution in [0.5, 0.6) is 0 Å². The van der Waals surface area contributed by atoms with Crippen LogP contribution in [0.4, 0.5) is 11.8 Å². The van der Waals surface area contributed by atoms with E-state index >= 15 is 0 Å². The zero-order valence-corrected chi connectivity index (χ0v) is 7.40. The summed E-state index contributed by atoms with van der Waals surface area (Å²) in [6, 6.07) is 0. The number of nitrogens with two attached hydrogens (primary N) is 2. The molecule has 74 valence electrons. The molecular weight excluding hydrogens is 184 g/mol. The van der Waals surface area contributed by atoms with E-state index < -0.39 is 5.97 Å². The first kappa shape index (κ1) is 8.74. The second-order valence-electron chi connectivity index (χ2n) is 3.31. The fourth-order valence-electron chi connectivity index (χ4n) is 1.44. The third kappa shape index (κ3) is 1.34. The molecule has 0 bridgehead atoms. The van der Waals surface area contributed by atoms with Crippen LogP contribution in [-0.4, -0.2) is 21.0 Å². The molecule has 0 aromatic carbocycles. The smallest absolute Gasteiger partial charge is 0.355 e. The largest absolute Gasteiger partial charge is 0.476 e. The van der Waals surface area contributed by atoms with E-state index in [1.54, 1.807) is 0 Å². The second-order valence-corrected chi connectivity index (χ2v) is 3.31. The molecule has 0 atom stereocenters. The van der Waals surface area contributed by atoms with E-state index in [9.17, 15) is 4.79 Å². The quantitative estimate of drug-likeness (QED) is 0.620. The Hall–Kier alpha value is -1.85. The van der Waals surface area contributed by atoms with Gasteiger partial charge in [0.05, 0.1) is 0 Å². The van der Waals surface area contributed by atoms with Gasteiger partial charge in [-0.2, -0.15) is 4.98 Å². The van der Waals surface area contributed by atoms with Crippen molar-refractivity contribution in [2.75, 3.05) is 11.5 Å². The fraction of sp³-hybridized carbons (Fsp3) is 0.375. The third-order valence-electron chi connectivity index (χ3n) is 2.18. The fourth-order valence-corrected chi connectivity index (χ4v) is 1.44. The molecule has 6 nitrogen and oxygen atoms in total. The Labute approximate surface area is 80.0 Å². The summed E-state index contributed by atoms with van der Waals surface area (Å²) >= 11 is 0. The molecule has 1 heterocycles. The predicted octanol–water partition coefficient (Wildman–Crippen LogP) is 0.217. The zero-order chi connectivity index (χ0) is 10.3. The van der Waals surface area contributed by atoms with Gasteiger partial charge in [0.1, 0.15) is 5.82 Å².